The lowest BCUT2D eigenvalue weighted by molar-refractivity contribution is -0.133. The predicted molar refractivity (Wildman–Crippen MR) is 112 cm³/mol. The third-order valence-corrected chi connectivity index (χ3v) is 8.12. The first-order valence-corrected chi connectivity index (χ1v) is 11.7. The van der Waals surface area contributed by atoms with E-state index < -0.39 is 10.0 Å². The van der Waals surface area contributed by atoms with Crippen LogP contribution in [0.4, 0.5) is 0 Å². The number of likely N-dealkylation sites (N-methyl/N-ethyl adjacent to an activating group) is 1. The summed E-state index contributed by atoms with van der Waals surface area (Å²) < 4.78 is 27.7. The molecule has 1 aromatic heterocycles. The fraction of sp³-hybridized carbons (Fsp3) is 0.389. The van der Waals surface area contributed by atoms with Gasteiger partial charge in [-0.1, -0.05) is 35.3 Å². The second kappa shape index (κ2) is 9.11. The number of piperazine rings is 1. The quantitative estimate of drug-likeness (QED) is 0.662. The maximum Gasteiger partial charge on any atom is 0.244 e. The maximum atomic E-state index is 12.8. The fourth-order valence-corrected chi connectivity index (χ4v) is 6.14. The SMILES string of the molecule is CN(CC(=O)N1CCN(S(=O)(=O)c2ccccc2Cl)CC1)Cc1ccc(Cl)s1. The van der Waals surface area contributed by atoms with Gasteiger partial charge in [0.05, 0.1) is 15.9 Å². The van der Waals surface area contributed by atoms with Gasteiger partial charge >= 0.3 is 0 Å². The molecule has 2 aromatic rings. The molecule has 1 aliphatic heterocycles. The van der Waals surface area contributed by atoms with Gasteiger partial charge in [-0.15, -0.1) is 11.3 Å². The summed E-state index contributed by atoms with van der Waals surface area (Å²) in [6.07, 6.45) is 0. The number of halogens is 2. The van der Waals surface area contributed by atoms with E-state index in [1.807, 2.05) is 24.1 Å². The van der Waals surface area contributed by atoms with Crippen LogP contribution in [0.15, 0.2) is 41.3 Å². The third-order valence-electron chi connectivity index (χ3n) is 4.51. The van der Waals surface area contributed by atoms with Crippen molar-refractivity contribution in [2.45, 2.75) is 11.4 Å². The van der Waals surface area contributed by atoms with Gasteiger partial charge in [-0.3, -0.25) is 9.69 Å². The van der Waals surface area contributed by atoms with E-state index in [0.717, 1.165) is 9.21 Å². The van der Waals surface area contributed by atoms with Crippen LogP contribution in [0.5, 0.6) is 0 Å². The number of nitrogens with zero attached hydrogens (tertiary/aromatic N) is 3. The largest absolute Gasteiger partial charge is 0.339 e. The van der Waals surface area contributed by atoms with E-state index in [1.54, 1.807) is 23.1 Å². The van der Waals surface area contributed by atoms with Crippen LogP contribution in [0.3, 0.4) is 0 Å². The lowest BCUT2D eigenvalue weighted by Gasteiger charge is -2.34. The summed E-state index contributed by atoms with van der Waals surface area (Å²) in [4.78, 5) is 17.4. The van der Waals surface area contributed by atoms with E-state index >= 15 is 0 Å². The van der Waals surface area contributed by atoms with Crippen molar-refractivity contribution < 1.29 is 13.2 Å². The molecule has 0 spiro atoms. The van der Waals surface area contributed by atoms with Crippen LogP contribution in [0.25, 0.3) is 0 Å². The second-order valence-electron chi connectivity index (χ2n) is 6.59. The monoisotopic (exact) mass is 461 g/mol. The van der Waals surface area contributed by atoms with Gasteiger partial charge in [-0.25, -0.2) is 8.42 Å². The molecule has 2 heterocycles. The Morgan fingerprint density at radius 1 is 1.11 bits per heavy atom. The standard InChI is InChI=1S/C18H21Cl2N3O3S2/c1-21(12-14-6-7-17(20)27-14)13-18(24)22-8-10-23(11-9-22)28(25,26)16-5-3-2-4-15(16)19/h2-7H,8-13H2,1H3. The summed E-state index contributed by atoms with van der Waals surface area (Å²) in [6, 6.07) is 10.2. The molecular weight excluding hydrogens is 441 g/mol. The summed E-state index contributed by atoms with van der Waals surface area (Å²) in [7, 11) is -1.78. The van der Waals surface area contributed by atoms with E-state index in [0.29, 0.717) is 19.6 Å². The van der Waals surface area contributed by atoms with Crippen LogP contribution in [0.1, 0.15) is 4.88 Å². The van der Waals surface area contributed by atoms with E-state index in [-0.39, 0.29) is 35.5 Å². The molecule has 1 saturated heterocycles. The topological polar surface area (TPSA) is 60.9 Å². The van der Waals surface area contributed by atoms with Crippen molar-refractivity contribution in [1.82, 2.24) is 14.1 Å². The summed E-state index contributed by atoms with van der Waals surface area (Å²) >= 11 is 13.5. The minimum Gasteiger partial charge on any atom is -0.339 e. The van der Waals surface area contributed by atoms with Crippen LogP contribution >= 0.6 is 34.5 Å². The zero-order valence-corrected chi connectivity index (χ0v) is 18.5. The number of amides is 1. The van der Waals surface area contributed by atoms with Crippen molar-refractivity contribution in [2.24, 2.45) is 0 Å². The Morgan fingerprint density at radius 2 is 1.79 bits per heavy atom. The highest BCUT2D eigenvalue weighted by atomic mass is 35.5. The van der Waals surface area contributed by atoms with Crippen molar-refractivity contribution in [2.75, 3.05) is 39.8 Å². The van der Waals surface area contributed by atoms with Crippen molar-refractivity contribution in [1.29, 1.82) is 0 Å². The van der Waals surface area contributed by atoms with Gasteiger partial charge in [0.2, 0.25) is 15.9 Å². The Labute approximate surface area is 179 Å². The minimum atomic E-state index is -3.66. The summed E-state index contributed by atoms with van der Waals surface area (Å²) in [6.45, 7) is 2.15. The molecule has 28 heavy (non-hydrogen) atoms. The minimum absolute atomic E-state index is 0.0139. The van der Waals surface area contributed by atoms with Crippen LogP contribution in [-0.2, 0) is 21.4 Å². The van der Waals surface area contributed by atoms with Crippen molar-refractivity contribution in [3.63, 3.8) is 0 Å². The molecule has 0 unspecified atom stereocenters. The number of rotatable bonds is 6. The Hall–Kier alpha value is -1.16. The van der Waals surface area contributed by atoms with Gasteiger partial charge in [0, 0.05) is 37.6 Å². The lowest BCUT2D eigenvalue weighted by Crippen LogP contribution is -2.52. The lowest BCUT2D eigenvalue weighted by atomic mass is 10.3. The number of hydrogen-bond donors (Lipinski definition) is 0. The Morgan fingerprint density at radius 3 is 2.39 bits per heavy atom. The van der Waals surface area contributed by atoms with Crippen LogP contribution in [0.2, 0.25) is 9.36 Å². The molecule has 1 fully saturated rings. The molecule has 0 bridgehead atoms. The van der Waals surface area contributed by atoms with E-state index in [1.165, 1.54) is 21.7 Å². The molecule has 1 amide bonds. The zero-order valence-electron chi connectivity index (χ0n) is 15.3. The van der Waals surface area contributed by atoms with Gasteiger partial charge in [0.15, 0.2) is 0 Å². The van der Waals surface area contributed by atoms with Crippen LogP contribution in [0, 0.1) is 0 Å². The first kappa shape index (κ1) is 21.5. The van der Waals surface area contributed by atoms with Crippen LogP contribution < -0.4 is 0 Å². The average molecular weight is 462 g/mol. The molecule has 1 aliphatic rings. The van der Waals surface area contributed by atoms with E-state index in [9.17, 15) is 13.2 Å². The molecule has 152 valence electrons. The highest BCUT2D eigenvalue weighted by Gasteiger charge is 2.31. The molecule has 0 radical (unpaired) electrons. The maximum absolute atomic E-state index is 12.8. The molecular formula is C18H21Cl2N3O3S2. The fourth-order valence-electron chi connectivity index (χ4n) is 3.06. The predicted octanol–water partition coefficient (Wildman–Crippen LogP) is 3.02. The smallest absolute Gasteiger partial charge is 0.244 e. The van der Waals surface area contributed by atoms with Gasteiger partial charge in [0.25, 0.3) is 0 Å². The Balaban J connectivity index is 1.54. The third kappa shape index (κ3) is 5.06. The molecule has 0 atom stereocenters. The van der Waals surface area contributed by atoms with Crippen molar-refractivity contribution >= 4 is 50.5 Å². The second-order valence-corrected chi connectivity index (χ2v) is 10.7. The molecule has 0 saturated carbocycles. The normalized spacial score (nSPS) is 15.9. The van der Waals surface area contributed by atoms with Crippen molar-refractivity contribution in [3.8, 4) is 0 Å². The number of carbonyl (C=O) groups is 1. The highest BCUT2D eigenvalue weighted by molar-refractivity contribution is 7.89. The van der Waals surface area contributed by atoms with Gasteiger partial charge in [-0.2, -0.15) is 4.31 Å². The molecule has 3 rings (SSSR count). The number of carbonyl (C=O) groups excluding carboxylic acids is 1. The number of sulfonamides is 1. The van der Waals surface area contributed by atoms with E-state index in [2.05, 4.69) is 0 Å². The summed E-state index contributed by atoms with van der Waals surface area (Å²) in [5, 5.41) is 0.205. The Bertz CT molecular complexity index is 941. The van der Waals surface area contributed by atoms with E-state index in [4.69, 9.17) is 23.2 Å². The Kier molecular flexibility index (Phi) is 7.01. The molecule has 0 N–H and O–H groups in total. The summed E-state index contributed by atoms with van der Waals surface area (Å²) in [5.74, 6) is -0.0139. The van der Waals surface area contributed by atoms with Gasteiger partial charge in [-0.05, 0) is 31.3 Å². The molecule has 6 nitrogen and oxygen atoms in total. The first-order valence-electron chi connectivity index (χ1n) is 8.72. The van der Waals surface area contributed by atoms with Gasteiger partial charge < -0.3 is 4.90 Å². The highest BCUT2D eigenvalue weighted by Crippen LogP contribution is 2.25. The molecule has 0 aliphatic carbocycles. The zero-order chi connectivity index (χ0) is 20.3. The van der Waals surface area contributed by atoms with Gasteiger partial charge in [0.1, 0.15) is 4.90 Å². The number of hydrogen-bond acceptors (Lipinski definition) is 5. The number of thiophene rings is 1. The van der Waals surface area contributed by atoms with Crippen LogP contribution in [-0.4, -0.2) is 68.2 Å². The van der Waals surface area contributed by atoms with Crippen molar-refractivity contribution in [3.05, 3.63) is 50.6 Å². The summed E-state index contributed by atoms with van der Waals surface area (Å²) in [5.41, 5.74) is 0. The molecule has 10 heteroatoms. The molecule has 1 aromatic carbocycles. The average Bonchev–Trinajstić information content (AvgIpc) is 3.06. The first-order chi connectivity index (χ1) is 13.3. The number of benzene rings is 1.